The van der Waals surface area contributed by atoms with Gasteiger partial charge in [-0.25, -0.2) is 0 Å². The summed E-state index contributed by atoms with van der Waals surface area (Å²) in [5, 5.41) is 17.8. The molecule has 5 heteroatoms. The zero-order chi connectivity index (χ0) is 14.4. The molecular weight excluding hydrogens is 246 g/mol. The van der Waals surface area contributed by atoms with Crippen molar-refractivity contribution in [1.29, 1.82) is 0 Å². The number of nitrogens with zero attached hydrogens (tertiary/aromatic N) is 1. The van der Waals surface area contributed by atoms with Crippen molar-refractivity contribution in [1.82, 2.24) is 4.90 Å². The van der Waals surface area contributed by atoms with Gasteiger partial charge in [0.05, 0.1) is 13.1 Å². The second-order valence-electron chi connectivity index (χ2n) is 5.86. The molecule has 0 amide bonds. The molecule has 0 radical (unpaired) electrons. The van der Waals surface area contributed by atoms with E-state index in [2.05, 4.69) is 13.8 Å². The Balaban J connectivity index is 2.63. The van der Waals surface area contributed by atoms with Crippen molar-refractivity contribution in [3.8, 4) is 0 Å². The van der Waals surface area contributed by atoms with Crippen molar-refractivity contribution < 1.29 is 19.8 Å². The summed E-state index contributed by atoms with van der Waals surface area (Å²) in [6.45, 7) is 4.08. The van der Waals surface area contributed by atoms with Gasteiger partial charge in [-0.1, -0.05) is 26.7 Å². The molecule has 0 aromatic heterocycles. The monoisotopic (exact) mass is 271 g/mol. The highest BCUT2D eigenvalue weighted by molar-refractivity contribution is 5.72. The van der Waals surface area contributed by atoms with Crippen LogP contribution >= 0.6 is 0 Å². The summed E-state index contributed by atoms with van der Waals surface area (Å²) < 4.78 is 0. The van der Waals surface area contributed by atoms with E-state index in [0.717, 1.165) is 25.7 Å². The van der Waals surface area contributed by atoms with Crippen LogP contribution < -0.4 is 0 Å². The average molecular weight is 271 g/mol. The normalized spacial score (nSPS) is 24.4. The third-order valence-corrected chi connectivity index (χ3v) is 4.12. The Morgan fingerprint density at radius 3 is 2.11 bits per heavy atom. The van der Waals surface area contributed by atoms with Gasteiger partial charge in [0, 0.05) is 6.04 Å². The van der Waals surface area contributed by atoms with Gasteiger partial charge in [-0.05, 0) is 31.1 Å². The van der Waals surface area contributed by atoms with Gasteiger partial charge < -0.3 is 10.2 Å². The third kappa shape index (κ3) is 5.59. The molecule has 0 aliphatic heterocycles. The minimum Gasteiger partial charge on any atom is -0.480 e. The first-order valence-corrected chi connectivity index (χ1v) is 7.07. The molecule has 110 valence electrons. The van der Waals surface area contributed by atoms with Gasteiger partial charge in [0.15, 0.2) is 0 Å². The predicted octanol–water partition coefficient (Wildman–Crippen LogP) is 2.06. The van der Waals surface area contributed by atoms with Crippen LogP contribution in [0.1, 0.15) is 46.0 Å². The van der Waals surface area contributed by atoms with E-state index in [4.69, 9.17) is 10.2 Å². The van der Waals surface area contributed by atoms with E-state index in [0.29, 0.717) is 11.8 Å². The quantitative estimate of drug-likeness (QED) is 0.723. The highest BCUT2D eigenvalue weighted by atomic mass is 16.4. The van der Waals surface area contributed by atoms with Crippen LogP contribution in [0.15, 0.2) is 0 Å². The van der Waals surface area contributed by atoms with Gasteiger partial charge in [-0.2, -0.15) is 0 Å². The number of rotatable bonds is 6. The molecule has 1 saturated carbocycles. The predicted molar refractivity (Wildman–Crippen MR) is 72.0 cm³/mol. The van der Waals surface area contributed by atoms with Gasteiger partial charge in [0.1, 0.15) is 0 Å². The molecule has 5 nitrogen and oxygen atoms in total. The number of carbonyl (C=O) groups is 2. The smallest absolute Gasteiger partial charge is 0.317 e. The highest BCUT2D eigenvalue weighted by Gasteiger charge is 2.27. The first kappa shape index (κ1) is 16.0. The standard InChI is InChI=1S/C14H25NO4/c1-10(2)11-4-3-5-12(7-6-11)15(8-13(16)17)9-14(18)19/h10-12H,3-9H2,1-2H3,(H,16,17)(H,18,19). The average Bonchev–Trinajstić information content (AvgIpc) is 2.52. The molecule has 19 heavy (non-hydrogen) atoms. The molecule has 0 heterocycles. The lowest BCUT2D eigenvalue weighted by Gasteiger charge is -2.28. The summed E-state index contributed by atoms with van der Waals surface area (Å²) in [5.41, 5.74) is 0. The summed E-state index contributed by atoms with van der Waals surface area (Å²) in [4.78, 5) is 23.3. The summed E-state index contributed by atoms with van der Waals surface area (Å²) in [6, 6.07) is 0.0935. The van der Waals surface area contributed by atoms with Gasteiger partial charge in [0.2, 0.25) is 0 Å². The first-order valence-electron chi connectivity index (χ1n) is 7.07. The van der Waals surface area contributed by atoms with E-state index in [1.165, 1.54) is 6.42 Å². The third-order valence-electron chi connectivity index (χ3n) is 4.12. The summed E-state index contributed by atoms with van der Waals surface area (Å²) >= 11 is 0. The van der Waals surface area contributed by atoms with Crippen LogP contribution in [0.5, 0.6) is 0 Å². The van der Waals surface area contributed by atoms with Crippen LogP contribution in [-0.2, 0) is 9.59 Å². The topological polar surface area (TPSA) is 77.8 Å². The summed E-state index contributed by atoms with van der Waals surface area (Å²) in [6.07, 6.45) is 5.11. The zero-order valence-corrected chi connectivity index (χ0v) is 11.8. The Labute approximate surface area is 114 Å². The van der Waals surface area contributed by atoms with Crippen LogP contribution in [0.25, 0.3) is 0 Å². The van der Waals surface area contributed by atoms with Crippen molar-refractivity contribution in [2.45, 2.75) is 52.0 Å². The minimum atomic E-state index is -0.953. The molecule has 0 saturated heterocycles. The molecule has 0 bridgehead atoms. The largest absolute Gasteiger partial charge is 0.480 e. The van der Waals surface area contributed by atoms with Crippen molar-refractivity contribution >= 4 is 11.9 Å². The van der Waals surface area contributed by atoms with Gasteiger partial charge in [-0.15, -0.1) is 0 Å². The van der Waals surface area contributed by atoms with E-state index in [1.54, 1.807) is 4.90 Å². The van der Waals surface area contributed by atoms with Crippen LogP contribution in [-0.4, -0.2) is 46.2 Å². The number of aliphatic carboxylic acids is 2. The molecule has 2 N–H and O–H groups in total. The second kappa shape index (κ2) is 7.48. The van der Waals surface area contributed by atoms with Crippen molar-refractivity contribution in [2.24, 2.45) is 11.8 Å². The number of carboxylic acids is 2. The molecule has 1 rings (SSSR count). The van der Waals surface area contributed by atoms with E-state index < -0.39 is 11.9 Å². The SMILES string of the molecule is CC(C)C1CCCC(N(CC(=O)O)CC(=O)O)CC1. The number of hydrogen-bond donors (Lipinski definition) is 2. The minimum absolute atomic E-state index is 0.0935. The van der Waals surface area contributed by atoms with Gasteiger partial charge in [-0.3, -0.25) is 14.5 Å². The Hall–Kier alpha value is -1.10. The van der Waals surface area contributed by atoms with Crippen LogP contribution in [0.3, 0.4) is 0 Å². The lowest BCUT2D eigenvalue weighted by molar-refractivity contribution is -0.143. The van der Waals surface area contributed by atoms with Gasteiger partial charge >= 0.3 is 11.9 Å². The molecule has 1 aliphatic rings. The van der Waals surface area contributed by atoms with Crippen LogP contribution in [0.2, 0.25) is 0 Å². The summed E-state index contributed by atoms with van der Waals surface area (Å²) in [7, 11) is 0. The van der Waals surface area contributed by atoms with E-state index >= 15 is 0 Å². The molecule has 1 fully saturated rings. The van der Waals surface area contributed by atoms with Crippen molar-refractivity contribution in [3.63, 3.8) is 0 Å². The fourth-order valence-electron chi connectivity index (χ4n) is 3.00. The summed E-state index contributed by atoms with van der Waals surface area (Å²) in [5.74, 6) is -0.579. The number of carboxylic acid groups (broad SMARTS) is 2. The Kier molecular flexibility index (Phi) is 6.28. The fourth-order valence-corrected chi connectivity index (χ4v) is 3.00. The molecule has 2 atom stereocenters. The number of hydrogen-bond acceptors (Lipinski definition) is 3. The van der Waals surface area contributed by atoms with E-state index in [-0.39, 0.29) is 19.1 Å². The van der Waals surface area contributed by atoms with Crippen LogP contribution in [0, 0.1) is 11.8 Å². The molecular formula is C14H25NO4. The Morgan fingerprint density at radius 2 is 1.63 bits per heavy atom. The van der Waals surface area contributed by atoms with Crippen molar-refractivity contribution in [2.75, 3.05) is 13.1 Å². The van der Waals surface area contributed by atoms with E-state index in [1.807, 2.05) is 0 Å². The first-order chi connectivity index (χ1) is 8.90. The lowest BCUT2D eigenvalue weighted by atomic mass is 9.89. The van der Waals surface area contributed by atoms with Gasteiger partial charge in [0.25, 0.3) is 0 Å². The maximum Gasteiger partial charge on any atom is 0.317 e. The lowest BCUT2D eigenvalue weighted by Crippen LogP contribution is -2.42. The zero-order valence-electron chi connectivity index (χ0n) is 11.8. The molecule has 0 spiro atoms. The maximum atomic E-state index is 10.9. The molecule has 1 aliphatic carbocycles. The van der Waals surface area contributed by atoms with Crippen molar-refractivity contribution in [3.05, 3.63) is 0 Å². The van der Waals surface area contributed by atoms with E-state index in [9.17, 15) is 9.59 Å². The molecule has 2 unspecified atom stereocenters. The Bertz CT molecular complexity index is 301. The second-order valence-corrected chi connectivity index (χ2v) is 5.86. The van der Waals surface area contributed by atoms with Crippen LogP contribution in [0.4, 0.5) is 0 Å². The highest BCUT2D eigenvalue weighted by Crippen LogP contribution is 2.30. The maximum absolute atomic E-state index is 10.9. The fraction of sp³-hybridized carbons (Fsp3) is 0.857. The Morgan fingerprint density at radius 1 is 1.05 bits per heavy atom. The molecule has 0 aromatic carbocycles. The molecule has 0 aromatic rings.